The summed E-state index contributed by atoms with van der Waals surface area (Å²) in [5.74, 6) is 2.16. The molecule has 3 rings (SSSR count). The molecule has 3 aromatic rings. The van der Waals surface area contributed by atoms with Gasteiger partial charge in [0.15, 0.2) is 11.6 Å². The van der Waals surface area contributed by atoms with Crippen LogP contribution in [-0.4, -0.2) is 25.3 Å². The average Bonchev–Trinajstić information content (AvgIpc) is 3.09. The van der Waals surface area contributed by atoms with E-state index in [0.717, 1.165) is 0 Å². The number of nitrogens with zero attached hydrogens (tertiary/aromatic N) is 4. The Bertz CT molecular complexity index is 611. The SMILES string of the molecule is NCc1ccc(-c2nc(-c3ncn[nH]3)no2)o1. The van der Waals surface area contributed by atoms with E-state index in [-0.39, 0.29) is 5.89 Å². The van der Waals surface area contributed by atoms with Gasteiger partial charge in [0, 0.05) is 0 Å². The molecule has 0 aliphatic heterocycles. The molecule has 0 spiro atoms. The number of rotatable bonds is 3. The van der Waals surface area contributed by atoms with Crippen molar-refractivity contribution < 1.29 is 8.94 Å². The predicted octanol–water partition coefficient (Wildman–Crippen LogP) is 0.573. The third-order valence-corrected chi connectivity index (χ3v) is 2.13. The van der Waals surface area contributed by atoms with Crippen molar-refractivity contribution in [1.82, 2.24) is 25.3 Å². The van der Waals surface area contributed by atoms with Crippen LogP contribution < -0.4 is 5.73 Å². The van der Waals surface area contributed by atoms with Gasteiger partial charge in [-0.2, -0.15) is 10.1 Å². The van der Waals surface area contributed by atoms with Crippen LogP contribution >= 0.6 is 0 Å². The van der Waals surface area contributed by atoms with E-state index in [0.29, 0.717) is 29.7 Å². The average molecular weight is 232 g/mol. The van der Waals surface area contributed by atoms with Gasteiger partial charge < -0.3 is 14.7 Å². The second kappa shape index (κ2) is 3.83. The first-order valence-electron chi connectivity index (χ1n) is 4.85. The predicted molar refractivity (Wildman–Crippen MR) is 55.3 cm³/mol. The smallest absolute Gasteiger partial charge is 0.294 e. The van der Waals surface area contributed by atoms with Gasteiger partial charge in [-0.05, 0) is 12.1 Å². The van der Waals surface area contributed by atoms with Crippen LogP contribution in [0.5, 0.6) is 0 Å². The van der Waals surface area contributed by atoms with E-state index in [2.05, 4.69) is 25.3 Å². The van der Waals surface area contributed by atoms with Crippen molar-refractivity contribution in [2.24, 2.45) is 5.73 Å². The number of aromatic nitrogens is 5. The molecule has 0 unspecified atom stereocenters. The van der Waals surface area contributed by atoms with Crippen LogP contribution in [0.1, 0.15) is 5.76 Å². The second-order valence-corrected chi connectivity index (χ2v) is 3.23. The zero-order valence-corrected chi connectivity index (χ0v) is 8.62. The topological polar surface area (TPSA) is 120 Å². The molecule has 17 heavy (non-hydrogen) atoms. The zero-order chi connectivity index (χ0) is 11.7. The Labute approximate surface area is 94.8 Å². The van der Waals surface area contributed by atoms with Crippen LogP contribution in [-0.2, 0) is 6.54 Å². The van der Waals surface area contributed by atoms with E-state index in [9.17, 15) is 0 Å². The molecule has 0 bridgehead atoms. The molecule has 0 aliphatic carbocycles. The minimum atomic E-state index is 0.274. The Hall–Kier alpha value is -2.48. The highest BCUT2D eigenvalue weighted by Crippen LogP contribution is 2.22. The number of hydrogen-bond donors (Lipinski definition) is 2. The molecule has 0 amide bonds. The number of H-pyrrole nitrogens is 1. The molecule has 0 aromatic carbocycles. The molecule has 0 saturated heterocycles. The van der Waals surface area contributed by atoms with E-state index >= 15 is 0 Å². The molecular weight excluding hydrogens is 224 g/mol. The van der Waals surface area contributed by atoms with Gasteiger partial charge in [0.25, 0.3) is 5.89 Å². The summed E-state index contributed by atoms with van der Waals surface area (Å²) in [4.78, 5) is 8.04. The van der Waals surface area contributed by atoms with Gasteiger partial charge in [0.2, 0.25) is 5.82 Å². The Kier molecular flexibility index (Phi) is 2.19. The molecular formula is C9H8N6O2. The summed E-state index contributed by atoms with van der Waals surface area (Å²) in [7, 11) is 0. The molecule has 86 valence electrons. The molecule has 3 aromatic heterocycles. The molecule has 0 aliphatic rings. The Balaban J connectivity index is 1.94. The minimum Gasteiger partial charge on any atom is -0.455 e. The molecule has 3 N–H and O–H groups in total. The number of nitrogens with one attached hydrogen (secondary N) is 1. The lowest BCUT2D eigenvalue weighted by Gasteiger charge is -1.87. The fourth-order valence-electron chi connectivity index (χ4n) is 1.34. The number of hydrogen-bond acceptors (Lipinski definition) is 7. The molecule has 8 heteroatoms. The van der Waals surface area contributed by atoms with E-state index in [4.69, 9.17) is 14.7 Å². The first-order valence-corrected chi connectivity index (χ1v) is 4.85. The summed E-state index contributed by atoms with van der Waals surface area (Å²) >= 11 is 0. The number of nitrogens with two attached hydrogens (primary N) is 1. The van der Waals surface area contributed by atoms with Crippen molar-refractivity contribution in [2.45, 2.75) is 6.54 Å². The summed E-state index contributed by atoms with van der Waals surface area (Å²) < 4.78 is 10.4. The highest BCUT2D eigenvalue weighted by Gasteiger charge is 2.15. The van der Waals surface area contributed by atoms with Crippen LogP contribution in [0.2, 0.25) is 0 Å². The first-order chi connectivity index (χ1) is 8.36. The lowest BCUT2D eigenvalue weighted by molar-refractivity contribution is 0.411. The fourth-order valence-corrected chi connectivity index (χ4v) is 1.34. The van der Waals surface area contributed by atoms with Gasteiger partial charge in [-0.3, -0.25) is 5.10 Å². The van der Waals surface area contributed by atoms with Crippen molar-refractivity contribution >= 4 is 0 Å². The summed E-state index contributed by atoms with van der Waals surface area (Å²) in [6.07, 6.45) is 1.37. The maximum absolute atomic E-state index is 5.44. The van der Waals surface area contributed by atoms with Gasteiger partial charge in [0.1, 0.15) is 12.1 Å². The maximum atomic E-state index is 5.44. The number of furan rings is 1. The minimum absolute atomic E-state index is 0.274. The molecule has 0 fully saturated rings. The first kappa shape index (κ1) is 9.73. The van der Waals surface area contributed by atoms with Crippen LogP contribution in [0.4, 0.5) is 0 Å². The monoisotopic (exact) mass is 232 g/mol. The zero-order valence-electron chi connectivity index (χ0n) is 8.62. The molecule has 0 saturated carbocycles. The van der Waals surface area contributed by atoms with Gasteiger partial charge in [0.05, 0.1) is 6.54 Å². The van der Waals surface area contributed by atoms with Crippen LogP contribution in [0.25, 0.3) is 23.3 Å². The van der Waals surface area contributed by atoms with Gasteiger partial charge in [-0.15, -0.1) is 0 Å². The Morgan fingerprint density at radius 3 is 3.00 bits per heavy atom. The van der Waals surface area contributed by atoms with Gasteiger partial charge in [-0.25, -0.2) is 4.98 Å². The van der Waals surface area contributed by atoms with Crippen molar-refractivity contribution in [2.75, 3.05) is 0 Å². The van der Waals surface area contributed by atoms with E-state index in [1.165, 1.54) is 6.33 Å². The lowest BCUT2D eigenvalue weighted by Crippen LogP contribution is -1.92. The second-order valence-electron chi connectivity index (χ2n) is 3.23. The molecule has 0 radical (unpaired) electrons. The lowest BCUT2D eigenvalue weighted by atomic mass is 10.4. The van der Waals surface area contributed by atoms with Crippen LogP contribution in [0, 0.1) is 0 Å². The quantitative estimate of drug-likeness (QED) is 0.677. The largest absolute Gasteiger partial charge is 0.455 e. The Morgan fingerprint density at radius 1 is 1.35 bits per heavy atom. The third-order valence-electron chi connectivity index (χ3n) is 2.13. The van der Waals surface area contributed by atoms with E-state index in [1.54, 1.807) is 12.1 Å². The fraction of sp³-hybridized carbons (Fsp3) is 0.111. The summed E-state index contributed by atoms with van der Waals surface area (Å²) in [6, 6.07) is 3.48. The summed E-state index contributed by atoms with van der Waals surface area (Å²) in [5.41, 5.74) is 5.44. The number of aromatic amines is 1. The Morgan fingerprint density at radius 2 is 2.29 bits per heavy atom. The summed E-state index contributed by atoms with van der Waals surface area (Å²) in [5, 5.41) is 10.1. The summed E-state index contributed by atoms with van der Waals surface area (Å²) in [6.45, 7) is 0.323. The van der Waals surface area contributed by atoms with Gasteiger partial charge >= 0.3 is 0 Å². The standard InChI is InChI=1S/C9H8N6O2/c10-3-5-1-2-6(16-5)9-13-8(15-17-9)7-11-4-12-14-7/h1-2,4H,3,10H2,(H,11,12,14). The highest BCUT2D eigenvalue weighted by molar-refractivity contribution is 5.49. The van der Waals surface area contributed by atoms with Crippen molar-refractivity contribution in [3.63, 3.8) is 0 Å². The van der Waals surface area contributed by atoms with Crippen molar-refractivity contribution in [3.05, 3.63) is 24.2 Å². The van der Waals surface area contributed by atoms with Gasteiger partial charge in [-0.1, -0.05) is 5.16 Å². The molecule has 3 heterocycles. The van der Waals surface area contributed by atoms with Crippen molar-refractivity contribution in [1.29, 1.82) is 0 Å². The molecule has 8 nitrogen and oxygen atoms in total. The normalized spacial score (nSPS) is 10.9. The third kappa shape index (κ3) is 1.70. The van der Waals surface area contributed by atoms with Crippen LogP contribution in [0.3, 0.4) is 0 Å². The van der Waals surface area contributed by atoms with Crippen LogP contribution in [0.15, 0.2) is 27.4 Å². The highest BCUT2D eigenvalue weighted by atomic mass is 16.5. The van der Waals surface area contributed by atoms with E-state index in [1.807, 2.05) is 0 Å². The molecule has 0 atom stereocenters. The van der Waals surface area contributed by atoms with Crippen molar-refractivity contribution in [3.8, 4) is 23.3 Å². The van der Waals surface area contributed by atoms with E-state index < -0.39 is 0 Å². The maximum Gasteiger partial charge on any atom is 0.294 e.